The number of benzene rings is 2. The van der Waals surface area contributed by atoms with Crippen LogP contribution in [0, 0.1) is 19.7 Å². The van der Waals surface area contributed by atoms with Crippen molar-refractivity contribution in [2.24, 2.45) is 0 Å². The van der Waals surface area contributed by atoms with Crippen LogP contribution in [0.1, 0.15) is 27.6 Å². The van der Waals surface area contributed by atoms with E-state index in [-0.39, 0.29) is 5.75 Å². The molecule has 0 aliphatic heterocycles. The highest BCUT2D eigenvalue weighted by Gasteiger charge is 2.16. The van der Waals surface area contributed by atoms with Crippen molar-refractivity contribution in [2.45, 2.75) is 19.2 Å². The predicted octanol–water partition coefficient (Wildman–Crippen LogP) is 4.79. The fraction of sp³-hybridized carbons (Fsp3) is 0.294. The van der Waals surface area contributed by atoms with Gasteiger partial charge in [-0.1, -0.05) is 18.2 Å². The molecule has 0 radical (unpaired) electrons. The average Bonchev–Trinajstić information content (AvgIpc) is 2.46. The molecule has 2 aromatic rings. The van der Waals surface area contributed by atoms with Crippen molar-refractivity contribution in [1.29, 1.82) is 0 Å². The summed E-state index contributed by atoms with van der Waals surface area (Å²) in [5.41, 5.74) is 3.62. The molecule has 1 unspecified atom stereocenters. The Kier molecular flexibility index (Phi) is 4.73. The summed E-state index contributed by atoms with van der Waals surface area (Å²) in [7, 11) is 3.08. The Labute approximate surface area is 129 Å². The molecule has 0 aromatic heterocycles. The average molecular weight is 309 g/mol. The van der Waals surface area contributed by atoms with Gasteiger partial charge in [0.05, 0.1) is 19.6 Å². The van der Waals surface area contributed by atoms with Crippen LogP contribution in [0.15, 0.2) is 30.3 Å². The van der Waals surface area contributed by atoms with Crippen LogP contribution in [0.5, 0.6) is 11.5 Å². The monoisotopic (exact) mass is 308 g/mol. The van der Waals surface area contributed by atoms with Gasteiger partial charge in [-0.25, -0.2) is 4.39 Å². The van der Waals surface area contributed by atoms with Crippen LogP contribution in [0.25, 0.3) is 0 Å². The van der Waals surface area contributed by atoms with Crippen LogP contribution in [0.3, 0.4) is 0 Å². The summed E-state index contributed by atoms with van der Waals surface area (Å²) < 4.78 is 24.1. The highest BCUT2D eigenvalue weighted by atomic mass is 35.5. The van der Waals surface area contributed by atoms with Crippen molar-refractivity contribution in [1.82, 2.24) is 0 Å². The number of hydrogen-bond acceptors (Lipinski definition) is 2. The Morgan fingerprint density at radius 3 is 2.05 bits per heavy atom. The van der Waals surface area contributed by atoms with Crippen molar-refractivity contribution < 1.29 is 13.9 Å². The van der Waals surface area contributed by atoms with Crippen LogP contribution < -0.4 is 9.47 Å². The van der Waals surface area contributed by atoms with Crippen molar-refractivity contribution in [3.8, 4) is 11.5 Å². The molecule has 0 saturated heterocycles. The van der Waals surface area contributed by atoms with Gasteiger partial charge in [0.2, 0.25) is 0 Å². The maximum atomic E-state index is 13.8. The van der Waals surface area contributed by atoms with Gasteiger partial charge in [-0.05, 0) is 48.2 Å². The van der Waals surface area contributed by atoms with Crippen LogP contribution in [-0.4, -0.2) is 14.2 Å². The molecule has 2 rings (SSSR count). The third-order valence-electron chi connectivity index (χ3n) is 3.45. The van der Waals surface area contributed by atoms with Gasteiger partial charge >= 0.3 is 0 Å². The number of ether oxygens (including phenoxy) is 2. The van der Waals surface area contributed by atoms with E-state index in [1.54, 1.807) is 19.2 Å². The van der Waals surface area contributed by atoms with Gasteiger partial charge in [-0.3, -0.25) is 0 Å². The van der Waals surface area contributed by atoms with E-state index in [0.29, 0.717) is 5.56 Å². The number of hydrogen-bond donors (Lipinski definition) is 0. The second kappa shape index (κ2) is 6.35. The molecule has 1 atom stereocenters. The minimum atomic E-state index is -0.422. The molecule has 2 aromatic carbocycles. The quantitative estimate of drug-likeness (QED) is 0.756. The van der Waals surface area contributed by atoms with Crippen molar-refractivity contribution in [2.75, 3.05) is 14.2 Å². The first-order valence-corrected chi connectivity index (χ1v) is 7.04. The largest absolute Gasteiger partial charge is 0.496 e. The summed E-state index contributed by atoms with van der Waals surface area (Å²) in [6.07, 6.45) is 0. The molecule has 4 heteroatoms. The van der Waals surface area contributed by atoms with Gasteiger partial charge in [0.1, 0.15) is 5.75 Å². The van der Waals surface area contributed by atoms with Crippen LogP contribution in [0.2, 0.25) is 0 Å². The third-order valence-corrected chi connectivity index (χ3v) is 3.95. The SMILES string of the molecule is COc1ccc(C(Cl)c2cc(C)c(OC)c(C)c2)cc1F. The fourth-order valence-electron chi connectivity index (χ4n) is 2.48. The molecule has 0 spiro atoms. The van der Waals surface area contributed by atoms with E-state index in [2.05, 4.69) is 0 Å². The third kappa shape index (κ3) is 3.13. The van der Waals surface area contributed by atoms with Gasteiger partial charge in [-0.2, -0.15) is 0 Å². The minimum Gasteiger partial charge on any atom is -0.496 e. The summed E-state index contributed by atoms with van der Waals surface area (Å²) in [5.74, 6) is 0.649. The maximum Gasteiger partial charge on any atom is 0.165 e. The lowest BCUT2D eigenvalue weighted by Crippen LogP contribution is -1.99. The summed E-state index contributed by atoms with van der Waals surface area (Å²) in [6, 6.07) is 8.69. The van der Waals surface area contributed by atoms with Crippen LogP contribution in [-0.2, 0) is 0 Å². The van der Waals surface area contributed by atoms with Gasteiger partial charge < -0.3 is 9.47 Å². The lowest BCUT2D eigenvalue weighted by Gasteiger charge is -2.16. The number of alkyl halides is 1. The Morgan fingerprint density at radius 2 is 1.57 bits per heavy atom. The second-order valence-electron chi connectivity index (χ2n) is 4.94. The molecule has 0 fully saturated rings. The van der Waals surface area contributed by atoms with Gasteiger partial charge in [0.15, 0.2) is 11.6 Å². The molecule has 21 heavy (non-hydrogen) atoms. The fourth-order valence-corrected chi connectivity index (χ4v) is 2.75. The van der Waals surface area contributed by atoms with Crippen molar-refractivity contribution >= 4 is 11.6 Å². The zero-order valence-electron chi connectivity index (χ0n) is 12.5. The van der Waals surface area contributed by atoms with E-state index in [4.69, 9.17) is 21.1 Å². The van der Waals surface area contributed by atoms with E-state index in [0.717, 1.165) is 22.4 Å². The number of halogens is 2. The molecule has 0 aliphatic rings. The van der Waals surface area contributed by atoms with Gasteiger partial charge in [0.25, 0.3) is 0 Å². The Balaban J connectivity index is 2.40. The zero-order valence-corrected chi connectivity index (χ0v) is 13.3. The zero-order chi connectivity index (χ0) is 15.6. The molecule has 0 aliphatic carbocycles. The van der Waals surface area contributed by atoms with Crippen molar-refractivity contribution in [3.05, 3.63) is 58.4 Å². The molecule has 0 amide bonds. The summed E-state index contributed by atoms with van der Waals surface area (Å²) >= 11 is 6.49. The number of methoxy groups -OCH3 is 2. The number of aryl methyl sites for hydroxylation is 2. The molecule has 0 saturated carbocycles. The Bertz CT molecular complexity index is 632. The molecule has 112 valence electrons. The molecule has 0 bridgehead atoms. The van der Waals surface area contributed by atoms with Crippen LogP contribution >= 0.6 is 11.6 Å². The van der Waals surface area contributed by atoms with Gasteiger partial charge in [-0.15, -0.1) is 11.6 Å². The second-order valence-corrected chi connectivity index (χ2v) is 5.38. The summed E-state index contributed by atoms with van der Waals surface area (Å²) in [4.78, 5) is 0. The summed E-state index contributed by atoms with van der Waals surface area (Å²) in [5, 5.41) is -0.422. The standard InChI is InChI=1S/C17H18ClFO2/c1-10-7-13(8-11(2)17(10)21-4)16(18)12-5-6-15(20-3)14(19)9-12/h5-9,16H,1-4H3. The molecule has 2 nitrogen and oxygen atoms in total. The molecule has 0 heterocycles. The Morgan fingerprint density at radius 1 is 0.952 bits per heavy atom. The molecular formula is C17H18ClFO2. The first-order valence-electron chi connectivity index (χ1n) is 6.60. The molecule has 0 N–H and O–H groups in total. The minimum absolute atomic E-state index is 0.213. The van der Waals surface area contributed by atoms with Crippen LogP contribution in [0.4, 0.5) is 4.39 Å². The van der Waals surface area contributed by atoms with E-state index in [1.807, 2.05) is 26.0 Å². The van der Waals surface area contributed by atoms with E-state index >= 15 is 0 Å². The molecular weight excluding hydrogens is 291 g/mol. The normalized spacial score (nSPS) is 12.1. The lowest BCUT2D eigenvalue weighted by atomic mass is 9.99. The highest BCUT2D eigenvalue weighted by Crippen LogP contribution is 2.35. The summed E-state index contributed by atoms with van der Waals surface area (Å²) in [6.45, 7) is 3.93. The first-order chi connectivity index (χ1) is 9.97. The maximum absolute atomic E-state index is 13.8. The van der Waals surface area contributed by atoms with E-state index in [1.165, 1.54) is 13.2 Å². The lowest BCUT2D eigenvalue weighted by molar-refractivity contribution is 0.386. The van der Waals surface area contributed by atoms with Crippen molar-refractivity contribution in [3.63, 3.8) is 0 Å². The first kappa shape index (κ1) is 15.6. The Hall–Kier alpha value is -1.74. The van der Waals surface area contributed by atoms with E-state index < -0.39 is 11.2 Å². The van der Waals surface area contributed by atoms with Gasteiger partial charge in [0, 0.05) is 0 Å². The smallest absolute Gasteiger partial charge is 0.165 e. The number of rotatable bonds is 4. The predicted molar refractivity (Wildman–Crippen MR) is 83.1 cm³/mol. The highest BCUT2D eigenvalue weighted by molar-refractivity contribution is 6.22. The topological polar surface area (TPSA) is 18.5 Å². The van der Waals surface area contributed by atoms with E-state index in [9.17, 15) is 4.39 Å².